The zero-order valence-electron chi connectivity index (χ0n) is 16.6. The first-order chi connectivity index (χ1) is 13.5. The third-order valence-corrected chi connectivity index (χ3v) is 5.36. The molecule has 3 rings (SSSR count). The maximum atomic E-state index is 12.3. The fraction of sp³-hybridized carbons (Fsp3) is 0.333. The highest BCUT2D eigenvalue weighted by atomic mass is 32.2. The van der Waals surface area contributed by atoms with Crippen molar-refractivity contribution in [3.05, 3.63) is 53.7 Å². The number of rotatable bonds is 7. The first kappa shape index (κ1) is 20.1. The number of hydrogen-bond acceptors (Lipinski definition) is 5. The van der Waals surface area contributed by atoms with Gasteiger partial charge in [-0.2, -0.15) is 0 Å². The molecular weight excluding hydrogens is 370 g/mol. The maximum absolute atomic E-state index is 12.3. The van der Waals surface area contributed by atoms with Crippen molar-refractivity contribution in [2.24, 2.45) is 0 Å². The van der Waals surface area contributed by atoms with Crippen molar-refractivity contribution in [1.82, 2.24) is 25.1 Å². The summed E-state index contributed by atoms with van der Waals surface area (Å²) in [7, 11) is 0. The smallest absolute Gasteiger partial charge is 0.233 e. The normalized spacial score (nSPS) is 12.0. The molecule has 0 fully saturated rings. The first-order valence-electron chi connectivity index (χ1n) is 9.40. The van der Waals surface area contributed by atoms with Gasteiger partial charge in [-0.1, -0.05) is 42.4 Å². The van der Waals surface area contributed by atoms with Crippen molar-refractivity contribution in [2.75, 3.05) is 6.54 Å². The van der Waals surface area contributed by atoms with Crippen molar-refractivity contribution in [3.63, 3.8) is 0 Å². The molecule has 7 heteroatoms. The lowest BCUT2D eigenvalue weighted by Gasteiger charge is -2.15. The predicted octanol–water partition coefficient (Wildman–Crippen LogP) is 3.95. The van der Waals surface area contributed by atoms with E-state index >= 15 is 0 Å². The zero-order chi connectivity index (χ0) is 20.1. The maximum Gasteiger partial charge on any atom is 0.233 e. The number of hydrogen-bond donors (Lipinski definition) is 1. The molecule has 146 valence electrons. The lowest BCUT2D eigenvalue weighted by atomic mass is 10.1. The molecule has 0 aliphatic heterocycles. The Morgan fingerprint density at radius 1 is 1.21 bits per heavy atom. The van der Waals surface area contributed by atoms with Gasteiger partial charge in [-0.25, -0.2) is 0 Å². The summed E-state index contributed by atoms with van der Waals surface area (Å²) in [5.74, 6) is 0.664. The number of thioether (sulfide) groups is 1. The van der Waals surface area contributed by atoms with E-state index in [9.17, 15) is 4.79 Å². The number of nitrogens with zero attached hydrogens (tertiary/aromatic N) is 4. The molecule has 6 nitrogen and oxygen atoms in total. The fourth-order valence-corrected chi connectivity index (χ4v) is 3.77. The number of aryl methyl sites for hydroxylation is 2. The van der Waals surface area contributed by atoms with Gasteiger partial charge in [0.05, 0.1) is 10.9 Å². The van der Waals surface area contributed by atoms with Crippen LogP contribution in [-0.4, -0.2) is 37.5 Å². The summed E-state index contributed by atoms with van der Waals surface area (Å²) in [5, 5.41) is 12.1. The van der Waals surface area contributed by atoms with Crippen molar-refractivity contribution in [2.45, 2.75) is 44.5 Å². The van der Waals surface area contributed by atoms with E-state index in [2.05, 4.69) is 52.5 Å². The van der Waals surface area contributed by atoms with Crippen molar-refractivity contribution in [1.29, 1.82) is 0 Å². The van der Waals surface area contributed by atoms with Crippen LogP contribution in [0.15, 0.2) is 47.8 Å². The van der Waals surface area contributed by atoms with E-state index in [4.69, 9.17) is 0 Å². The number of amides is 1. The molecule has 0 saturated carbocycles. The van der Waals surface area contributed by atoms with Crippen LogP contribution >= 0.6 is 11.8 Å². The minimum atomic E-state index is -0.281. The van der Waals surface area contributed by atoms with Crippen molar-refractivity contribution in [3.8, 4) is 17.2 Å². The topological polar surface area (TPSA) is 72.7 Å². The molecule has 1 N–H and O–H groups in total. The van der Waals surface area contributed by atoms with Gasteiger partial charge in [0.15, 0.2) is 11.0 Å². The summed E-state index contributed by atoms with van der Waals surface area (Å²) in [6.07, 6.45) is 2.65. The Hall–Kier alpha value is -2.67. The molecule has 0 bridgehead atoms. The number of carbonyl (C=O) groups excluding carboxylic acids is 1. The number of carbonyl (C=O) groups is 1. The average molecular weight is 396 g/mol. The van der Waals surface area contributed by atoms with Gasteiger partial charge in [-0.15, -0.1) is 10.2 Å². The number of nitrogens with one attached hydrogen (secondary N) is 1. The number of pyridine rings is 1. The summed E-state index contributed by atoms with van der Waals surface area (Å²) in [6.45, 7) is 8.73. The monoisotopic (exact) mass is 395 g/mol. The number of benzene rings is 1. The molecule has 2 heterocycles. The number of aromatic nitrogens is 4. The molecule has 2 aromatic heterocycles. The Labute approximate surface area is 169 Å². The molecule has 1 unspecified atom stereocenters. The van der Waals surface area contributed by atoms with Gasteiger partial charge in [0.1, 0.15) is 5.69 Å². The minimum Gasteiger partial charge on any atom is -0.355 e. The first-order valence-corrected chi connectivity index (χ1v) is 10.3. The predicted molar refractivity (Wildman–Crippen MR) is 113 cm³/mol. The zero-order valence-corrected chi connectivity index (χ0v) is 17.5. The van der Waals surface area contributed by atoms with E-state index < -0.39 is 0 Å². The highest BCUT2D eigenvalue weighted by molar-refractivity contribution is 8.00. The van der Waals surface area contributed by atoms with Crippen LogP contribution in [0.5, 0.6) is 0 Å². The van der Waals surface area contributed by atoms with Gasteiger partial charge in [0, 0.05) is 12.7 Å². The molecule has 1 atom stereocenters. The molecule has 3 aromatic rings. The van der Waals surface area contributed by atoms with Crippen LogP contribution in [0.1, 0.15) is 31.4 Å². The highest BCUT2D eigenvalue weighted by Gasteiger charge is 2.22. The van der Waals surface area contributed by atoms with Gasteiger partial charge < -0.3 is 5.32 Å². The van der Waals surface area contributed by atoms with Gasteiger partial charge in [0.25, 0.3) is 0 Å². The van der Waals surface area contributed by atoms with E-state index in [1.807, 2.05) is 36.6 Å². The van der Waals surface area contributed by atoms with Crippen molar-refractivity contribution < 1.29 is 4.79 Å². The van der Waals surface area contributed by atoms with E-state index in [1.165, 1.54) is 17.3 Å². The van der Waals surface area contributed by atoms with E-state index in [1.54, 1.807) is 6.20 Å². The lowest BCUT2D eigenvalue weighted by Crippen LogP contribution is -2.31. The molecule has 0 saturated heterocycles. The fourth-order valence-electron chi connectivity index (χ4n) is 2.88. The van der Waals surface area contributed by atoms with Crippen LogP contribution in [0, 0.1) is 13.8 Å². The van der Waals surface area contributed by atoms with Gasteiger partial charge in [-0.3, -0.25) is 14.3 Å². The van der Waals surface area contributed by atoms with E-state index in [0.717, 1.165) is 23.4 Å². The third kappa shape index (κ3) is 4.42. The second-order valence-electron chi connectivity index (χ2n) is 6.70. The Bertz CT molecular complexity index is 955. The summed E-state index contributed by atoms with van der Waals surface area (Å²) in [6, 6.07) is 12.0. The summed E-state index contributed by atoms with van der Waals surface area (Å²) in [5.41, 5.74) is 4.03. The molecule has 0 aliphatic carbocycles. The van der Waals surface area contributed by atoms with E-state index in [0.29, 0.717) is 17.5 Å². The Morgan fingerprint density at radius 2 is 2.04 bits per heavy atom. The second kappa shape index (κ2) is 9.01. The van der Waals surface area contributed by atoms with Crippen molar-refractivity contribution >= 4 is 17.7 Å². The van der Waals surface area contributed by atoms with Gasteiger partial charge in [0.2, 0.25) is 5.91 Å². The highest BCUT2D eigenvalue weighted by Crippen LogP contribution is 2.31. The summed E-state index contributed by atoms with van der Waals surface area (Å²) >= 11 is 1.40. The largest absolute Gasteiger partial charge is 0.355 e. The van der Waals surface area contributed by atoms with Crippen LogP contribution in [0.4, 0.5) is 0 Å². The van der Waals surface area contributed by atoms with Crippen LogP contribution in [0.25, 0.3) is 17.2 Å². The molecule has 1 amide bonds. The Kier molecular flexibility index (Phi) is 6.46. The lowest BCUT2D eigenvalue weighted by molar-refractivity contribution is -0.120. The Balaban J connectivity index is 2.03. The molecule has 0 spiro atoms. The van der Waals surface area contributed by atoms with E-state index in [-0.39, 0.29) is 11.2 Å². The standard InChI is InChI=1S/C21H25N5OS/c1-5-11-23-20(27)16(4)28-21-25-24-19(17-8-6-7-12-22-17)26(21)18-10-9-14(2)13-15(18)3/h6-10,12-13,16H,5,11H2,1-4H3,(H,23,27). The molecule has 0 aliphatic rings. The molecule has 1 aromatic carbocycles. The Morgan fingerprint density at radius 3 is 2.71 bits per heavy atom. The summed E-state index contributed by atoms with van der Waals surface area (Å²) in [4.78, 5) is 16.8. The molecule has 28 heavy (non-hydrogen) atoms. The average Bonchev–Trinajstić information content (AvgIpc) is 3.10. The van der Waals surface area contributed by atoms with Gasteiger partial charge in [-0.05, 0) is 51.0 Å². The second-order valence-corrected chi connectivity index (χ2v) is 8.01. The SMILES string of the molecule is CCCNC(=O)C(C)Sc1nnc(-c2ccccn2)n1-c1ccc(C)cc1C. The quantitative estimate of drug-likeness (QED) is 0.613. The molecular formula is C21H25N5OS. The van der Waals surface area contributed by atoms with Gasteiger partial charge >= 0.3 is 0 Å². The van der Waals surface area contributed by atoms with Crippen LogP contribution in [0.3, 0.4) is 0 Å². The van der Waals surface area contributed by atoms with Crippen LogP contribution < -0.4 is 5.32 Å². The third-order valence-electron chi connectivity index (χ3n) is 4.32. The molecule has 0 radical (unpaired) electrons. The minimum absolute atomic E-state index is 0.00131. The van der Waals surface area contributed by atoms with Crippen LogP contribution in [-0.2, 0) is 4.79 Å². The van der Waals surface area contributed by atoms with Crippen LogP contribution in [0.2, 0.25) is 0 Å². The summed E-state index contributed by atoms with van der Waals surface area (Å²) < 4.78 is 1.99.